The lowest BCUT2D eigenvalue weighted by Crippen LogP contribution is -2.38. The van der Waals surface area contributed by atoms with Crippen LogP contribution in [0.3, 0.4) is 0 Å². The number of hydrogen-bond acceptors (Lipinski definition) is 4. The molecule has 1 N–H and O–H groups in total. The van der Waals surface area contributed by atoms with Crippen molar-refractivity contribution in [3.63, 3.8) is 0 Å². The van der Waals surface area contributed by atoms with E-state index in [1.165, 1.54) is 42.9 Å². The van der Waals surface area contributed by atoms with Gasteiger partial charge in [0.15, 0.2) is 0 Å². The number of fused-ring (bicyclic) bond motifs is 2. The van der Waals surface area contributed by atoms with Gasteiger partial charge in [0.05, 0.1) is 4.88 Å². The molecule has 118 valence electrons. The Bertz CT molecular complexity index is 606. The van der Waals surface area contributed by atoms with Crippen LogP contribution >= 0.6 is 11.3 Å². The Balaban J connectivity index is 1.28. The molecule has 2 aromatic heterocycles. The number of aromatic amines is 1. The number of likely N-dealkylation sites (N-methyl/N-ethyl adjacent to an activating group) is 1. The highest BCUT2D eigenvalue weighted by Crippen LogP contribution is 2.36. The third kappa shape index (κ3) is 2.98. The van der Waals surface area contributed by atoms with Gasteiger partial charge >= 0.3 is 0 Å². The number of piperidine rings is 1. The zero-order valence-corrected chi connectivity index (χ0v) is 14.0. The van der Waals surface area contributed by atoms with E-state index in [2.05, 4.69) is 50.6 Å². The maximum absolute atomic E-state index is 4.43. The molecule has 2 atom stereocenters. The molecule has 4 nitrogen and oxygen atoms in total. The van der Waals surface area contributed by atoms with Gasteiger partial charge in [0.1, 0.15) is 5.69 Å². The number of nitrogens with one attached hydrogen (secondary N) is 1. The second-order valence-electron chi connectivity index (χ2n) is 6.82. The van der Waals surface area contributed by atoms with Gasteiger partial charge < -0.3 is 0 Å². The van der Waals surface area contributed by atoms with E-state index in [-0.39, 0.29) is 0 Å². The van der Waals surface area contributed by atoms with E-state index in [0.29, 0.717) is 0 Å². The highest BCUT2D eigenvalue weighted by atomic mass is 32.1. The molecular formula is C17H24N4S. The fourth-order valence-electron chi connectivity index (χ4n) is 3.96. The molecule has 0 radical (unpaired) electrons. The summed E-state index contributed by atoms with van der Waals surface area (Å²) in [6.45, 7) is 4.63. The van der Waals surface area contributed by atoms with Gasteiger partial charge in [0.25, 0.3) is 0 Å². The summed E-state index contributed by atoms with van der Waals surface area (Å²) in [6.07, 6.45) is 4.35. The van der Waals surface area contributed by atoms with Crippen LogP contribution in [0.25, 0.3) is 10.6 Å². The SMILES string of the molecule is CN(CCN1C[C@@H]2CC[C@H]1C2)Cc1cc(-c2cccs2)n[nH]1. The lowest BCUT2D eigenvalue weighted by Gasteiger charge is -2.28. The van der Waals surface area contributed by atoms with Crippen LogP contribution in [0.15, 0.2) is 23.6 Å². The largest absolute Gasteiger partial charge is 0.299 e. The van der Waals surface area contributed by atoms with E-state index < -0.39 is 0 Å². The van der Waals surface area contributed by atoms with Crippen LogP contribution in [0, 0.1) is 5.92 Å². The van der Waals surface area contributed by atoms with Crippen LogP contribution in [0.1, 0.15) is 25.0 Å². The van der Waals surface area contributed by atoms with Crippen molar-refractivity contribution in [1.82, 2.24) is 20.0 Å². The predicted octanol–water partition coefficient (Wildman–Crippen LogP) is 3.05. The first-order valence-corrected chi connectivity index (χ1v) is 9.16. The Kier molecular flexibility index (Phi) is 4.03. The molecule has 5 heteroatoms. The molecule has 2 aliphatic rings. The molecule has 1 aliphatic heterocycles. The summed E-state index contributed by atoms with van der Waals surface area (Å²) in [4.78, 5) is 6.34. The first-order valence-electron chi connectivity index (χ1n) is 8.28. The molecule has 0 unspecified atom stereocenters. The summed E-state index contributed by atoms with van der Waals surface area (Å²) in [5.74, 6) is 0.997. The van der Waals surface area contributed by atoms with Gasteiger partial charge in [-0.2, -0.15) is 5.10 Å². The Morgan fingerprint density at radius 2 is 2.41 bits per heavy atom. The third-order valence-electron chi connectivity index (χ3n) is 5.14. The summed E-state index contributed by atoms with van der Waals surface area (Å²) >= 11 is 1.74. The van der Waals surface area contributed by atoms with Crippen LogP contribution in [-0.4, -0.2) is 52.7 Å². The van der Waals surface area contributed by atoms with Gasteiger partial charge in [-0.1, -0.05) is 6.07 Å². The molecular weight excluding hydrogens is 292 g/mol. The molecule has 1 aliphatic carbocycles. The molecule has 1 saturated carbocycles. The maximum atomic E-state index is 4.43. The normalized spacial score (nSPS) is 24.6. The number of likely N-dealkylation sites (tertiary alicyclic amines) is 1. The highest BCUT2D eigenvalue weighted by molar-refractivity contribution is 7.13. The van der Waals surface area contributed by atoms with E-state index in [1.807, 2.05) is 0 Å². The highest BCUT2D eigenvalue weighted by Gasteiger charge is 2.37. The van der Waals surface area contributed by atoms with Gasteiger partial charge in [0.2, 0.25) is 0 Å². The topological polar surface area (TPSA) is 35.2 Å². The van der Waals surface area contributed by atoms with Gasteiger partial charge in [-0.25, -0.2) is 0 Å². The molecule has 0 aromatic carbocycles. The van der Waals surface area contributed by atoms with Crippen molar-refractivity contribution in [2.75, 3.05) is 26.7 Å². The van der Waals surface area contributed by atoms with Crippen LogP contribution in [0.5, 0.6) is 0 Å². The summed E-state index contributed by atoms with van der Waals surface area (Å²) in [5, 5.41) is 9.71. The van der Waals surface area contributed by atoms with Crippen molar-refractivity contribution in [3.8, 4) is 10.6 Å². The van der Waals surface area contributed by atoms with Crippen molar-refractivity contribution < 1.29 is 0 Å². The zero-order valence-electron chi connectivity index (χ0n) is 13.2. The fraction of sp³-hybridized carbons (Fsp3) is 0.588. The number of hydrogen-bond donors (Lipinski definition) is 1. The molecule has 22 heavy (non-hydrogen) atoms. The number of rotatable bonds is 6. The summed E-state index contributed by atoms with van der Waals surface area (Å²) in [5.41, 5.74) is 2.27. The number of nitrogens with zero attached hydrogens (tertiary/aromatic N) is 3. The lowest BCUT2D eigenvalue weighted by atomic mass is 10.1. The fourth-order valence-corrected chi connectivity index (χ4v) is 4.65. The van der Waals surface area contributed by atoms with E-state index in [0.717, 1.165) is 30.7 Å². The average Bonchev–Trinajstić information content (AvgIpc) is 3.27. The van der Waals surface area contributed by atoms with Gasteiger partial charge in [-0.3, -0.25) is 14.9 Å². The third-order valence-corrected chi connectivity index (χ3v) is 6.03. The monoisotopic (exact) mass is 316 g/mol. The Morgan fingerprint density at radius 1 is 1.45 bits per heavy atom. The Morgan fingerprint density at radius 3 is 3.14 bits per heavy atom. The standard InChI is InChI=1S/C17H24N4S/c1-20(6-7-21-11-13-4-5-15(21)9-13)12-14-10-16(19-18-14)17-3-2-8-22-17/h2-3,8,10,13,15H,4-7,9,11-12H2,1H3,(H,18,19)/t13-,15+/m1/s1. The smallest absolute Gasteiger partial charge is 0.102 e. The lowest BCUT2D eigenvalue weighted by molar-refractivity contribution is 0.181. The Labute approximate surface area is 136 Å². The molecule has 2 fully saturated rings. The van der Waals surface area contributed by atoms with Crippen LogP contribution < -0.4 is 0 Å². The molecule has 2 aromatic rings. The van der Waals surface area contributed by atoms with E-state index in [9.17, 15) is 0 Å². The minimum atomic E-state index is 0.885. The van der Waals surface area contributed by atoms with Gasteiger partial charge in [-0.15, -0.1) is 11.3 Å². The van der Waals surface area contributed by atoms with Crippen LogP contribution in [0.4, 0.5) is 0 Å². The van der Waals surface area contributed by atoms with Crippen LogP contribution in [0.2, 0.25) is 0 Å². The Hall–Kier alpha value is -1.17. The summed E-state index contributed by atoms with van der Waals surface area (Å²) in [6, 6.07) is 7.26. The minimum Gasteiger partial charge on any atom is -0.299 e. The quantitative estimate of drug-likeness (QED) is 0.889. The second kappa shape index (κ2) is 6.14. The predicted molar refractivity (Wildman–Crippen MR) is 90.9 cm³/mol. The van der Waals surface area contributed by atoms with Crippen molar-refractivity contribution in [1.29, 1.82) is 0 Å². The molecule has 2 bridgehead atoms. The number of H-pyrrole nitrogens is 1. The van der Waals surface area contributed by atoms with Crippen LogP contribution in [-0.2, 0) is 6.54 Å². The molecule has 4 rings (SSSR count). The maximum Gasteiger partial charge on any atom is 0.102 e. The van der Waals surface area contributed by atoms with Gasteiger partial charge in [0, 0.05) is 37.9 Å². The van der Waals surface area contributed by atoms with Crippen molar-refractivity contribution in [3.05, 3.63) is 29.3 Å². The van der Waals surface area contributed by atoms with E-state index in [4.69, 9.17) is 0 Å². The van der Waals surface area contributed by atoms with Gasteiger partial charge in [-0.05, 0) is 49.7 Å². The summed E-state index contributed by atoms with van der Waals surface area (Å²) < 4.78 is 0. The molecule has 1 saturated heterocycles. The summed E-state index contributed by atoms with van der Waals surface area (Å²) in [7, 11) is 2.21. The van der Waals surface area contributed by atoms with E-state index >= 15 is 0 Å². The second-order valence-corrected chi connectivity index (χ2v) is 7.77. The molecule has 0 amide bonds. The van der Waals surface area contributed by atoms with Crippen molar-refractivity contribution in [2.24, 2.45) is 5.92 Å². The molecule has 0 spiro atoms. The molecule has 3 heterocycles. The van der Waals surface area contributed by atoms with Crippen molar-refractivity contribution in [2.45, 2.75) is 31.8 Å². The first-order chi connectivity index (χ1) is 10.8. The zero-order chi connectivity index (χ0) is 14.9. The average molecular weight is 316 g/mol. The van der Waals surface area contributed by atoms with E-state index in [1.54, 1.807) is 11.3 Å². The minimum absolute atomic E-state index is 0.885. The first kappa shape index (κ1) is 14.4. The number of aromatic nitrogens is 2. The van der Waals surface area contributed by atoms with Crippen molar-refractivity contribution >= 4 is 11.3 Å². The number of thiophene rings is 1.